The van der Waals surface area contributed by atoms with Crippen LogP contribution in [0.25, 0.3) is 0 Å². The summed E-state index contributed by atoms with van der Waals surface area (Å²) in [4.78, 5) is 34.6. The lowest BCUT2D eigenvalue weighted by Crippen LogP contribution is -2.22. The summed E-state index contributed by atoms with van der Waals surface area (Å²) < 4.78 is 10.7. The molecular weight excluding hydrogens is 414 g/mol. The zero-order chi connectivity index (χ0) is 23.7. The van der Waals surface area contributed by atoms with Crippen molar-refractivity contribution >= 4 is 23.5 Å². The number of carboxylic acid groups (broad SMARTS) is 1. The standard InChI is InChI=1S/C24H27NO7/c1-15(6-4-5-7-22(28)29)23(18-10-13-21(31-3)20(27)14-18)32-24(30)25-19-11-8-17(9-12-19)16(2)26/h5,7-15,23,27H,4,6H2,1-3H3,(H,25,30)(H,28,29)/b7-5+/t15-,23-/m1/s1. The van der Waals surface area contributed by atoms with Gasteiger partial charge in [-0.1, -0.05) is 19.1 Å². The maximum atomic E-state index is 12.6. The molecule has 8 heteroatoms. The van der Waals surface area contributed by atoms with E-state index < -0.39 is 18.2 Å². The number of carbonyl (C=O) groups is 3. The number of carbonyl (C=O) groups excluding carboxylic acids is 2. The van der Waals surface area contributed by atoms with Crippen LogP contribution < -0.4 is 10.1 Å². The molecule has 0 bridgehead atoms. The van der Waals surface area contributed by atoms with Gasteiger partial charge in [0.25, 0.3) is 0 Å². The summed E-state index contributed by atoms with van der Waals surface area (Å²) in [7, 11) is 1.44. The average Bonchev–Trinajstić information content (AvgIpc) is 2.75. The molecule has 170 valence electrons. The number of allylic oxidation sites excluding steroid dienone is 1. The molecule has 0 aliphatic rings. The molecule has 1 amide bonds. The first-order chi connectivity index (χ1) is 15.2. The first-order valence-electron chi connectivity index (χ1n) is 10.1. The van der Waals surface area contributed by atoms with Gasteiger partial charge in [0.05, 0.1) is 7.11 Å². The topological polar surface area (TPSA) is 122 Å². The Labute approximate surface area is 186 Å². The number of nitrogens with one attached hydrogen (secondary N) is 1. The van der Waals surface area contributed by atoms with E-state index in [2.05, 4.69) is 5.32 Å². The number of aliphatic carboxylic acids is 1. The molecule has 0 unspecified atom stereocenters. The molecule has 2 atom stereocenters. The van der Waals surface area contributed by atoms with E-state index in [1.807, 2.05) is 6.92 Å². The summed E-state index contributed by atoms with van der Waals surface area (Å²) in [5.41, 5.74) is 1.56. The molecule has 0 aromatic heterocycles. The molecule has 2 rings (SSSR count). The van der Waals surface area contributed by atoms with Crippen molar-refractivity contribution in [3.8, 4) is 11.5 Å². The van der Waals surface area contributed by atoms with Crippen molar-refractivity contribution in [2.75, 3.05) is 12.4 Å². The maximum absolute atomic E-state index is 12.6. The molecule has 0 spiro atoms. The lowest BCUT2D eigenvalue weighted by molar-refractivity contribution is -0.131. The molecule has 0 radical (unpaired) electrons. The number of hydrogen-bond acceptors (Lipinski definition) is 6. The van der Waals surface area contributed by atoms with E-state index in [4.69, 9.17) is 14.6 Å². The summed E-state index contributed by atoms with van der Waals surface area (Å²) in [6.45, 7) is 3.33. The van der Waals surface area contributed by atoms with Crippen LogP contribution in [-0.2, 0) is 9.53 Å². The van der Waals surface area contributed by atoms with E-state index in [0.29, 0.717) is 35.4 Å². The first kappa shape index (κ1) is 24.5. The first-order valence-corrected chi connectivity index (χ1v) is 10.1. The van der Waals surface area contributed by atoms with Crippen LogP contribution in [0.4, 0.5) is 10.5 Å². The Morgan fingerprint density at radius 2 is 1.81 bits per heavy atom. The Kier molecular flexibility index (Phi) is 8.83. The summed E-state index contributed by atoms with van der Waals surface area (Å²) in [5, 5.41) is 21.5. The molecule has 0 aliphatic carbocycles. The fourth-order valence-corrected chi connectivity index (χ4v) is 3.14. The second-order valence-corrected chi connectivity index (χ2v) is 7.31. The number of phenols is 1. The predicted octanol–water partition coefficient (Wildman–Crippen LogP) is 4.95. The molecule has 32 heavy (non-hydrogen) atoms. The Morgan fingerprint density at radius 1 is 1.12 bits per heavy atom. The highest BCUT2D eigenvalue weighted by Gasteiger charge is 2.24. The highest BCUT2D eigenvalue weighted by Crippen LogP contribution is 2.35. The number of amides is 1. The van der Waals surface area contributed by atoms with Crippen LogP contribution in [0.1, 0.15) is 48.7 Å². The van der Waals surface area contributed by atoms with Crippen LogP contribution in [0.3, 0.4) is 0 Å². The third-order valence-corrected chi connectivity index (χ3v) is 4.87. The van der Waals surface area contributed by atoms with Gasteiger partial charge in [-0.05, 0) is 67.6 Å². The van der Waals surface area contributed by atoms with Gasteiger partial charge in [-0.3, -0.25) is 10.1 Å². The molecule has 0 aliphatic heterocycles. The van der Waals surface area contributed by atoms with Crippen molar-refractivity contribution in [2.24, 2.45) is 5.92 Å². The lowest BCUT2D eigenvalue weighted by atomic mass is 9.92. The van der Waals surface area contributed by atoms with Gasteiger partial charge in [-0.25, -0.2) is 9.59 Å². The van der Waals surface area contributed by atoms with Crippen LogP contribution in [0.15, 0.2) is 54.6 Å². The maximum Gasteiger partial charge on any atom is 0.412 e. The van der Waals surface area contributed by atoms with Crippen LogP contribution in [0, 0.1) is 5.92 Å². The monoisotopic (exact) mass is 441 g/mol. The number of benzene rings is 2. The predicted molar refractivity (Wildman–Crippen MR) is 119 cm³/mol. The molecular formula is C24H27NO7. The number of phenolic OH excluding ortho intramolecular Hbond substituents is 1. The van der Waals surface area contributed by atoms with Gasteiger partial charge >= 0.3 is 12.1 Å². The van der Waals surface area contributed by atoms with Crippen molar-refractivity contribution in [3.63, 3.8) is 0 Å². The van der Waals surface area contributed by atoms with E-state index in [1.54, 1.807) is 36.4 Å². The van der Waals surface area contributed by atoms with Gasteiger partial charge in [0.15, 0.2) is 17.3 Å². The number of methoxy groups -OCH3 is 1. The number of ether oxygens (including phenoxy) is 2. The Morgan fingerprint density at radius 3 is 2.38 bits per heavy atom. The number of anilines is 1. The van der Waals surface area contributed by atoms with E-state index >= 15 is 0 Å². The van der Waals surface area contributed by atoms with Crippen molar-refractivity contribution in [1.82, 2.24) is 0 Å². The molecule has 3 N–H and O–H groups in total. The van der Waals surface area contributed by atoms with Gasteiger partial charge in [-0.15, -0.1) is 0 Å². The van der Waals surface area contributed by atoms with Crippen molar-refractivity contribution in [3.05, 3.63) is 65.7 Å². The molecule has 2 aromatic carbocycles. The number of aromatic hydroxyl groups is 1. The lowest BCUT2D eigenvalue weighted by Gasteiger charge is -2.25. The minimum Gasteiger partial charge on any atom is -0.504 e. The second kappa shape index (κ2) is 11.5. The smallest absolute Gasteiger partial charge is 0.412 e. The third-order valence-electron chi connectivity index (χ3n) is 4.87. The van der Waals surface area contributed by atoms with E-state index in [0.717, 1.165) is 6.08 Å². The summed E-state index contributed by atoms with van der Waals surface area (Å²) >= 11 is 0. The summed E-state index contributed by atoms with van der Waals surface area (Å²) in [6.07, 6.45) is 2.22. The minimum atomic E-state index is -1.03. The van der Waals surface area contributed by atoms with E-state index in [9.17, 15) is 19.5 Å². The van der Waals surface area contributed by atoms with Gasteiger partial charge in [0.1, 0.15) is 6.10 Å². The van der Waals surface area contributed by atoms with Crippen LogP contribution in [0.2, 0.25) is 0 Å². The van der Waals surface area contributed by atoms with Gasteiger partial charge in [-0.2, -0.15) is 0 Å². The highest BCUT2D eigenvalue weighted by molar-refractivity contribution is 5.95. The summed E-state index contributed by atoms with van der Waals surface area (Å²) in [6, 6.07) is 11.2. The molecule has 0 fully saturated rings. The Bertz CT molecular complexity index is 982. The third kappa shape index (κ3) is 7.16. The molecule has 8 nitrogen and oxygen atoms in total. The second-order valence-electron chi connectivity index (χ2n) is 7.31. The SMILES string of the molecule is COc1ccc([C@H](OC(=O)Nc2ccc(C(C)=O)cc2)[C@H](C)CC/C=C/C(=O)O)cc1O. The molecule has 0 heterocycles. The average molecular weight is 441 g/mol. The van der Waals surface area contributed by atoms with Crippen LogP contribution in [-0.4, -0.2) is 35.2 Å². The minimum absolute atomic E-state index is 0.0794. The Hall–Kier alpha value is -3.81. The molecule has 0 saturated carbocycles. The summed E-state index contributed by atoms with van der Waals surface area (Å²) in [5.74, 6) is -1.09. The Balaban J connectivity index is 2.17. The molecule has 0 saturated heterocycles. The fourth-order valence-electron chi connectivity index (χ4n) is 3.14. The van der Waals surface area contributed by atoms with Crippen molar-refractivity contribution in [2.45, 2.75) is 32.8 Å². The zero-order valence-corrected chi connectivity index (χ0v) is 18.2. The van der Waals surface area contributed by atoms with Gasteiger partial charge in [0, 0.05) is 17.3 Å². The molecule has 2 aromatic rings. The van der Waals surface area contributed by atoms with Crippen molar-refractivity contribution in [1.29, 1.82) is 0 Å². The number of carboxylic acids is 1. The van der Waals surface area contributed by atoms with Crippen LogP contribution >= 0.6 is 0 Å². The number of Topliss-reactive ketones (excluding diaryl/α,β-unsaturated/α-hetero) is 1. The number of hydrogen-bond donors (Lipinski definition) is 3. The van der Waals surface area contributed by atoms with Crippen LogP contribution in [0.5, 0.6) is 11.5 Å². The number of ketones is 1. The normalized spacial score (nSPS) is 12.7. The highest BCUT2D eigenvalue weighted by atomic mass is 16.6. The quantitative estimate of drug-likeness (QED) is 0.352. The largest absolute Gasteiger partial charge is 0.504 e. The number of rotatable bonds is 10. The zero-order valence-electron chi connectivity index (χ0n) is 18.2. The van der Waals surface area contributed by atoms with Gasteiger partial charge < -0.3 is 19.7 Å². The van der Waals surface area contributed by atoms with Crippen molar-refractivity contribution < 1.29 is 34.1 Å². The van der Waals surface area contributed by atoms with E-state index in [1.165, 1.54) is 26.2 Å². The van der Waals surface area contributed by atoms with E-state index in [-0.39, 0.29) is 17.5 Å². The fraction of sp³-hybridized carbons (Fsp3) is 0.292. The van der Waals surface area contributed by atoms with Gasteiger partial charge in [0.2, 0.25) is 0 Å².